The number of carbonyl (C=O) groups is 4. The fraction of sp³-hybridized carbons (Fsp3) is 0.484. The quantitative estimate of drug-likeness (QED) is 0.330. The lowest BCUT2D eigenvalue weighted by Gasteiger charge is -2.25. The number of hydrogen-bond donors (Lipinski definition) is 3. The van der Waals surface area contributed by atoms with Crippen LogP contribution >= 0.6 is 0 Å². The van der Waals surface area contributed by atoms with Crippen LogP contribution in [0.1, 0.15) is 80.8 Å². The first kappa shape index (κ1) is 31.7. The number of fused-ring (bicyclic) bond motifs is 1. The Morgan fingerprint density at radius 1 is 0.927 bits per heavy atom. The van der Waals surface area contributed by atoms with Gasteiger partial charge in [0.15, 0.2) is 5.78 Å². The highest BCUT2D eigenvalue weighted by Crippen LogP contribution is 2.37. The number of ketones is 1. The fourth-order valence-electron chi connectivity index (χ4n) is 5.04. The van der Waals surface area contributed by atoms with E-state index in [0.29, 0.717) is 17.7 Å². The van der Waals surface area contributed by atoms with Gasteiger partial charge in [0, 0.05) is 36.4 Å². The molecule has 3 atom stereocenters. The summed E-state index contributed by atoms with van der Waals surface area (Å²) >= 11 is 0. The van der Waals surface area contributed by atoms with Crippen molar-refractivity contribution >= 4 is 23.5 Å². The Kier molecular flexibility index (Phi) is 11.0. The van der Waals surface area contributed by atoms with E-state index in [4.69, 9.17) is 4.74 Å². The van der Waals surface area contributed by atoms with Gasteiger partial charge < -0.3 is 20.7 Å². The first-order valence-corrected chi connectivity index (χ1v) is 13.9. The van der Waals surface area contributed by atoms with Crippen LogP contribution in [0.3, 0.4) is 0 Å². The van der Waals surface area contributed by atoms with Gasteiger partial charge in [0.2, 0.25) is 17.7 Å². The van der Waals surface area contributed by atoms with Crippen LogP contribution in [0.5, 0.6) is 5.75 Å². The third-order valence-electron chi connectivity index (χ3n) is 7.06. The maximum absolute atomic E-state index is 14.0. The van der Waals surface area contributed by atoms with Gasteiger partial charge in [0.05, 0.1) is 7.11 Å². The van der Waals surface area contributed by atoms with Crippen molar-refractivity contribution < 1.29 is 32.7 Å². The van der Waals surface area contributed by atoms with Crippen molar-refractivity contribution in [1.82, 2.24) is 16.0 Å². The number of rotatable bonds is 13. The predicted molar refractivity (Wildman–Crippen MR) is 150 cm³/mol. The second-order valence-corrected chi connectivity index (χ2v) is 11.3. The molecule has 3 amide bonds. The second kappa shape index (κ2) is 14.2. The molecule has 0 heterocycles. The zero-order chi connectivity index (χ0) is 30.3. The molecule has 2 aromatic carbocycles. The maximum atomic E-state index is 14.0. The molecule has 1 unspecified atom stereocenters. The van der Waals surface area contributed by atoms with Gasteiger partial charge in [0.25, 0.3) is 0 Å². The van der Waals surface area contributed by atoms with E-state index in [2.05, 4.69) is 16.0 Å². The molecule has 2 aromatic rings. The van der Waals surface area contributed by atoms with Gasteiger partial charge >= 0.3 is 0 Å². The van der Waals surface area contributed by atoms with Crippen LogP contribution in [-0.2, 0) is 20.9 Å². The first-order valence-electron chi connectivity index (χ1n) is 13.9. The van der Waals surface area contributed by atoms with Gasteiger partial charge in [-0.25, -0.2) is 8.78 Å². The summed E-state index contributed by atoms with van der Waals surface area (Å²) in [6, 6.07) is 6.72. The lowest BCUT2D eigenvalue weighted by molar-refractivity contribution is -0.132. The standard InChI is InChI=1S/C31H39F2N3O5/c1-17(2)11-26(30(39)34-16-23-24(32)7-6-8-25(23)33)36-31(40)27(12-18(3)4)35-29(38)14-19-13-28(37)21-10-9-20(41-5)15-22(19)21/h6-10,15,17-19,26-27H,11-14,16H2,1-5H3,(H,34,39)(H,35,38)(H,36,40)/t19?,26-,27-/m0/s1. The highest BCUT2D eigenvalue weighted by atomic mass is 19.1. The van der Waals surface area contributed by atoms with Crippen LogP contribution in [0.4, 0.5) is 8.78 Å². The highest BCUT2D eigenvalue weighted by Gasteiger charge is 2.33. The largest absolute Gasteiger partial charge is 0.497 e. The summed E-state index contributed by atoms with van der Waals surface area (Å²) in [4.78, 5) is 51.9. The Bertz CT molecular complexity index is 1260. The van der Waals surface area contributed by atoms with Crippen molar-refractivity contribution in [3.8, 4) is 5.75 Å². The average Bonchev–Trinajstić information content (AvgIpc) is 3.20. The molecule has 41 heavy (non-hydrogen) atoms. The summed E-state index contributed by atoms with van der Waals surface area (Å²) in [6.07, 6.45) is 0.804. The SMILES string of the molecule is COc1ccc2c(c1)C(CC(=O)N[C@@H](CC(C)C)C(=O)N[C@@H](CC(C)C)C(=O)NCc1c(F)cccc1F)CC2=O. The number of carbonyl (C=O) groups excluding carboxylic acids is 4. The van der Waals surface area contributed by atoms with Crippen molar-refractivity contribution in [2.45, 2.75) is 77.9 Å². The van der Waals surface area contributed by atoms with E-state index in [0.717, 1.165) is 17.7 Å². The van der Waals surface area contributed by atoms with Gasteiger partial charge in [-0.2, -0.15) is 0 Å². The van der Waals surface area contributed by atoms with Gasteiger partial charge in [-0.15, -0.1) is 0 Å². The normalized spacial score (nSPS) is 15.8. The topological polar surface area (TPSA) is 114 Å². The average molecular weight is 572 g/mol. The molecular weight excluding hydrogens is 532 g/mol. The summed E-state index contributed by atoms with van der Waals surface area (Å²) in [7, 11) is 1.53. The zero-order valence-electron chi connectivity index (χ0n) is 24.2. The van der Waals surface area contributed by atoms with E-state index in [9.17, 15) is 28.0 Å². The number of Topliss-reactive ketones (excluding diaryl/α,β-unsaturated/α-hetero) is 1. The molecule has 1 aliphatic rings. The molecule has 0 aliphatic heterocycles. The van der Waals surface area contributed by atoms with Crippen LogP contribution < -0.4 is 20.7 Å². The van der Waals surface area contributed by atoms with Crippen LogP contribution in [-0.4, -0.2) is 42.7 Å². The molecule has 0 aromatic heterocycles. The molecule has 0 bridgehead atoms. The number of amides is 3. The molecule has 0 saturated heterocycles. The molecule has 1 aliphatic carbocycles. The van der Waals surface area contributed by atoms with Gasteiger partial charge in [0.1, 0.15) is 29.5 Å². The Labute approximate surface area is 239 Å². The van der Waals surface area contributed by atoms with E-state index in [1.807, 2.05) is 27.7 Å². The van der Waals surface area contributed by atoms with Gasteiger partial charge in [-0.05, 0) is 60.6 Å². The minimum atomic E-state index is -0.976. The first-order chi connectivity index (χ1) is 19.4. The lowest BCUT2D eigenvalue weighted by atomic mass is 9.96. The minimum Gasteiger partial charge on any atom is -0.497 e. The summed E-state index contributed by atoms with van der Waals surface area (Å²) in [5.74, 6) is -2.79. The Morgan fingerprint density at radius 2 is 1.54 bits per heavy atom. The second-order valence-electron chi connectivity index (χ2n) is 11.3. The molecule has 3 rings (SSSR count). The third-order valence-corrected chi connectivity index (χ3v) is 7.06. The molecule has 0 fully saturated rings. The zero-order valence-corrected chi connectivity index (χ0v) is 24.2. The predicted octanol–water partition coefficient (Wildman–Crippen LogP) is 4.41. The molecule has 10 heteroatoms. The number of nitrogens with one attached hydrogen (secondary N) is 3. The molecular formula is C31H39F2N3O5. The Hall–Kier alpha value is -3.82. The molecule has 0 spiro atoms. The maximum Gasteiger partial charge on any atom is 0.243 e. The van der Waals surface area contributed by atoms with Crippen LogP contribution in [0.15, 0.2) is 36.4 Å². The van der Waals surface area contributed by atoms with E-state index in [1.165, 1.54) is 13.2 Å². The number of halogens is 2. The molecule has 8 nitrogen and oxygen atoms in total. The minimum absolute atomic E-state index is 0.0118. The summed E-state index contributed by atoms with van der Waals surface area (Å²) in [5, 5.41) is 8.05. The van der Waals surface area contributed by atoms with E-state index in [-0.39, 0.29) is 60.8 Å². The summed E-state index contributed by atoms with van der Waals surface area (Å²) in [5.41, 5.74) is 1.04. The van der Waals surface area contributed by atoms with E-state index in [1.54, 1.807) is 18.2 Å². The van der Waals surface area contributed by atoms with Crippen LogP contribution in [0.25, 0.3) is 0 Å². The fourth-order valence-corrected chi connectivity index (χ4v) is 5.04. The van der Waals surface area contributed by atoms with Crippen molar-refractivity contribution in [3.63, 3.8) is 0 Å². The summed E-state index contributed by atoms with van der Waals surface area (Å²) in [6.45, 7) is 7.20. The Balaban J connectivity index is 1.69. The van der Waals surface area contributed by atoms with Crippen molar-refractivity contribution in [2.75, 3.05) is 7.11 Å². The van der Waals surface area contributed by atoms with Gasteiger partial charge in [-0.1, -0.05) is 33.8 Å². The molecule has 0 radical (unpaired) electrons. The van der Waals surface area contributed by atoms with E-state index < -0.39 is 35.5 Å². The number of ether oxygens (including phenoxy) is 1. The molecule has 222 valence electrons. The van der Waals surface area contributed by atoms with E-state index >= 15 is 0 Å². The van der Waals surface area contributed by atoms with Gasteiger partial charge in [-0.3, -0.25) is 19.2 Å². The van der Waals surface area contributed by atoms with Crippen molar-refractivity contribution in [1.29, 1.82) is 0 Å². The number of methoxy groups -OCH3 is 1. The summed E-state index contributed by atoms with van der Waals surface area (Å²) < 4.78 is 33.3. The molecule has 3 N–H and O–H groups in total. The molecule has 0 saturated carbocycles. The smallest absolute Gasteiger partial charge is 0.243 e. The number of hydrogen-bond acceptors (Lipinski definition) is 5. The Morgan fingerprint density at radius 3 is 2.12 bits per heavy atom. The monoisotopic (exact) mass is 571 g/mol. The lowest BCUT2D eigenvalue weighted by Crippen LogP contribution is -2.54. The number of benzene rings is 2. The van der Waals surface area contributed by atoms with Crippen LogP contribution in [0, 0.1) is 23.5 Å². The van der Waals surface area contributed by atoms with Crippen LogP contribution in [0.2, 0.25) is 0 Å². The highest BCUT2D eigenvalue weighted by molar-refractivity contribution is 6.02. The van der Waals surface area contributed by atoms with Crippen molar-refractivity contribution in [3.05, 3.63) is 64.7 Å². The third kappa shape index (κ3) is 8.58. The van der Waals surface area contributed by atoms with Crippen molar-refractivity contribution in [2.24, 2.45) is 11.8 Å².